The maximum absolute atomic E-state index is 12.4. The summed E-state index contributed by atoms with van der Waals surface area (Å²) in [5, 5.41) is 3.22. The second-order valence-electron chi connectivity index (χ2n) is 6.48. The zero-order valence-electron chi connectivity index (χ0n) is 13.1. The Balaban J connectivity index is 2.05. The Hall–Kier alpha value is -0.850. The van der Waals surface area contributed by atoms with Crippen LogP contribution in [-0.4, -0.2) is 20.0 Å². The lowest BCUT2D eigenvalue weighted by molar-refractivity contribution is 0.290. The third kappa shape index (κ3) is 4.56. The second-order valence-corrected chi connectivity index (χ2v) is 8.10. The van der Waals surface area contributed by atoms with Crippen LogP contribution < -0.4 is 10.0 Å². The Bertz CT molecular complexity index is 557. The molecule has 0 atom stereocenters. The molecule has 0 bridgehead atoms. The zero-order chi connectivity index (χ0) is 15.5. The van der Waals surface area contributed by atoms with E-state index in [1.807, 2.05) is 20.8 Å². The van der Waals surface area contributed by atoms with Crippen molar-refractivity contribution >= 4 is 10.0 Å². The topological polar surface area (TPSA) is 71.3 Å². The van der Waals surface area contributed by atoms with E-state index in [-0.39, 0.29) is 10.6 Å². The van der Waals surface area contributed by atoms with E-state index < -0.39 is 10.0 Å². The van der Waals surface area contributed by atoms with Crippen LogP contribution in [0.2, 0.25) is 0 Å². The predicted molar refractivity (Wildman–Crippen MR) is 82.5 cm³/mol. The van der Waals surface area contributed by atoms with Crippen LogP contribution in [-0.2, 0) is 16.6 Å². The van der Waals surface area contributed by atoms with E-state index in [2.05, 4.69) is 10.0 Å². The van der Waals surface area contributed by atoms with E-state index in [4.69, 9.17) is 4.42 Å². The first-order chi connectivity index (χ1) is 9.81. The molecule has 1 aliphatic carbocycles. The third-order valence-electron chi connectivity index (χ3n) is 3.92. The van der Waals surface area contributed by atoms with Crippen molar-refractivity contribution in [3.05, 3.63) is 17.9 Å². The molecule has 1 saturated carbocycles. The molecule has 0 aliphatic heterocycles. The first-order valence-electron chi connectivity index (χ1n) is 7.67. The van der Waals surface area contributed by atoms with Gasteiger partial charge in [-0.05, 0) is 31.9 Å². The van der Waals surface area contributed by atoms with Gasteiger partial charge in [-0.3, -0.25) is 0 Å². The van der Waals surface area contributed by atoms with Crippen molar-refractivity contribution in [1.82, 2.24) is 10.0 Å². The van der Waals surface area contributed by atoms with Crippen molar-refractivity contribution in [1.29, 1.82) is 0 Å². The number of hydrogen-bond donors (Lipinski definition) is 2. The van der Waals surface area contributed by atoms with Crippen molar-refractivity contribution in [3.8, 4) is 0 Å². The van der Waals surface area contributed by atoms with Crippen LogP contribution in [0.15, 0.2) is 21.6 Å². The lowest BCUT2D eigenvalue weighted by atomic mass is 9.84. The molecular formula is C15H26N2O3S. The van der Waals surface area contributed by atoms with Gasteiger partial charge >= 0.3 is 0 Å². The average Bonchev–Trinajstić information content (AvgIpc) is 2.85. The van der Waals surface area contributed by atoms with E-state index in [1.54, 1.807) is 6.07 Å². The summed E-state index contributed by atoms with van der Waals surface area (Å²) in [6.07, 6.45) is 5.09. The minimum atomic E-state index is -3.58. The fraction of sp³-hybridized carbons (Fsp3) is 0.733. The standard InChI is InChI=1S/C15H26N2O3S/c1-12(2)16-11-13-7-8-14(20-13)21(18,19)17-15(3)9-5-4-6-10-15/h7-8,12,16-17H,4-6,9-11H2,1-3H3. The van der Waals surface area contributed by atoms with Gasteiger partial charge in [-0.15, -0.1) is 0 Å². The minimum absolute atomic E-state index is 0.00912. The summed E-state index contributed by atoms with van der Waals surface area (Å²) in [7, 11) is -3.58. The number of sulfonamides is 1. The maximum atomic E-state index is 12.4. The molecule has 5 nitrogen and oxygen atoms in total. The van der Waals surface area contributed by atoms with Gasteiger partial charge in [-0.1, -0.05) is 33.1 Å². The zero-order valence-corrected chi connectivity index (χ0v) is 13.9. The highest BCUT2D eigenvalue weighted by molar-refractivity contribution is 7.89. The van der Waals surface area contributed by atoms with Crippen LogP contribution in [0.5, 0.6) is 0 Å². The van der Waals surface area contributed by atoms with Crippen LogP contribution in [0.1, 0.15) is 58.6 Å². The number of furan rings is 1. The Morgan fingerprint density at radius 2 is 1.90 bits per heavy atom. The van der Waals surface area contributed by atoms with Crippen LogP contribution in [0.25, 0.3) is 0 Å². The Morgan fingerprint density at radius 1 is 1.24 bits per heavy atom. The fourth-order valence-electron chi connectivity index (χ4n) is 2.71. The first-order valence-corrected chi connectivity index (χ1v) is 9.15. The Kier molecular flexibility index (Phi) is 5.11. The van der Waals surface area contributed by atoms with E-state index in [1.165, 1.54) is 12.5 Å². The van der Waals surface area contributed by atoms with Crippen molar-refractivity contribution in [2.24, 2.45) is 0 Å². The summed E-state index contributed by atoms with van der Waals surface area (Å²) in [5.41, 5.74) is -0.347. The molecule has 1 aromatic heterocycles. The highest BCUT2D eigenvalue weighted by Crippen LogP contribution is 2.29. The highest BCUT2D eigenvalue weighted by atomic mass is 32.2. The van der Waals surface area contributed by atoms with Crippen LogP contribution in [0.3, 0.4) is 0 Å². The molecule has 1 aromatic rings. The number of nitrogens with one attached hydrogen (secondary N) is 2. The van der Waals surface area contributed by atoms with Gasteiger partial charge in [0, 0.05) is 11.6 Å². The molecule has 0 amide bonds. The molecular weight excluding hydrogens is 288 g/mol. The Labute approximate surface area is 127 Å². The molecule has 0 spiro atoms. The summed E-state index contributed by atoms with van der Waals surface area (Å²) in [6, 6.07) is 3.58. The summed E-state index contributed by atoms with van der Waals surface area (Å²) < 4.78 is 33.2. The third-order valence-corrected chi connectivity index (χ3v) is 5.43. The van der Waals surface area contributed by atoms with Gasteiger partial charge in [-0.25, -0.2) is 13.1 Å². The average molecular weight is 314 g/mol. The van der Waals surface area contributed by atoms with Crippen molar-refractivity contribution < 1.29 is 12.8 Å². The molecule has 2 N–H and O–H groups in total. The smallest absolute Gasteiger partial charge is 0.274 e. The molecule has 0 radical (unpaired) electrons. The molecule has 1 fully saturated rings. The van der Waals surface area contributed by atoms with E-state index >= 15 is 0 Å². The molecule has 0 saturated heterocycles. The van der Waals surface area contributed by atoms with E-state index in [9.17, 15) is 8.42 Å². The quantitative estimate of drug-likeness (QED) is 0.847. The van der Waals surface area contributed by atoms with Gasteiger partial charge in [0.2, 0.25) is 5.09 Å². The van der Waals surface area contributed by atoms with Crippen LogP contribution in [0, 0.1) is 0 Å². The highest BCUT2D eigenvalue weighted by Gasteiger charge is 2.33. The van der Waals surface area contributed by atoms with Gasteiger partial charge in [0.15, 0.2) is 0 Å². The van der Waals surface area contributed by atoms with E-state index in [0.717, 1.165) is 25.7 Å². The molecule has 1 aliphatic rings. The fourth-order valence-corrected chi connectivity index (χ4v) is 4.13. The van der Waals surface area contributed by atoms with E-state index in [0.29, 0.717) is 18.3 Å². The largest absolute Gasteiger partial charge is 0.447 e. The normalized spacial score (nSPS) is 19.0. The van der Waals surface area contributed by atoms with Crippen LogP contribution in [0.4, 0.5) is 0 Å². The maximum Gasteiger partial charge on any atom is 0.274 e. The molecule has 1 heterocycles. The summed E-state index contributed by atoms with van der Waals surface area (Å²) in [4.78, 5) is 0. The second kappa shape index (κ2) is 6.50. The molecule has 2 rings (SSSR count). The molecule has 6 heteroatoms. The Morgan fingerprint density at radius 3 is 2.52 bits per heavy atom. The van der Waals surface area contributed by atoms with Gasteiger partial charge in [0.1, 0.15) is 5.76 Å². The first kappa shape index (κ1) is 16.5. The van der Waals surface area contributed by atoms with Gasteiger partial charge in [0.05, 0.1) is 6.54 Å². The van der Waals surface area contributed by atoms with Gasteiger partial charge < -0.3 is 9.73 Å². The molecule has 21 heavy (non-hydrogen) atoms. The van der Waals surface area contributed by atoms with Crippen molar-refractivity contribution in [3.63, 3.8) is 0 Å². The predicted octanol–water partition coefficient (Wildman–Crippen LogP) is 2.78. The van der Waals surface area contributed by atoms with Crippen molar-refractivity contribution in [2.45, 2.75) is 76.1 Å². The number of hydrogen-bond acceptors (Lipinski definition) is 4. The van der Waals surface area contributed by atoms with Crippen molar-refractivity contribution in [2.75, 3.05) is 0 Å². The SMILES string of the molecule is CC(C)NCc1ccc(S(=O)(=O)NC2(C)CCCCC2)o1. The summed E-state index contributed by atoms with van der Waals surface area (Å²) in [5.74, 6) is 0.637. The number of rotatable bonds is 6. The lowest BCUT2D eigenvalue weighted by Gasteiger charge is -2.33. The minimum Gasteiger partial charge on any atom is -0.447 e. The van der Waals surface area contributed by atoms with Gasteiger partial charge in [-0.2, -0.15) is 0 Å². The summed E-state index contributed by atoms with van der Waals surface area (Å²) >= 11 is 0. The monoisotopic (exact) mass is 314 g/mol. The van der Waals surface area contributed by atoms with Gasteiger partial charge in [0.25, 0.3) is 10.0 Å². The molecule has 0 aromatic carbocycles. The summed E-state index contributed by atoms with van der Waals surface area (Å²) in [6.45, 7) is 6.58. The molecule has 120 valence electrons. The lowest BCUT2D eigenvalue weighted by Crippen LogP contribution is -2.46. The van der Waals surface area contributed by atoms with Crippen LogP contribution >= 0.6 is 0 Å². The molecule has 0 unspecified atom stereocenters.